The van der Waals surface area contributed by atoms with Crippen LogP contribution in [0.15, 0.2) is 60.7 Å². The lowest BCUT2D eigenvalue weighted by atomic mass is 9.99. The Morgan fingerprint density at radius 2 is 1.70 bits per heavy atom. The molecule has 0 saturated carbocycles. The Morgan fingerprint density at radius 1 is 0.963 bits per heavy atom. The van der Waals surface area contributed by atoms with Gasteiger partial charge in [-0.05, 0) is 35.6 Å². The van der Waals surface area contributed by atoms with Crippen molar-refractivity contribution in [2.45, 2.75) is 38.1 Å². The summed E-state index contributed by atoms with van der Waals surface area (Å²) in [5.74, 6) is 2.69. The Kier molecular flexibility index (Phi) is 3.85. The lowest BCUT2D eigenvalue weighted by Crippen LogP contribution is -2.28. The molecule has 2 bridgehead atoms. The minimum absolute atomic E-state index is 0.357. The van der Waals surface area contributed by atoms with Crippen molar-refractivity contribution in [2.75, 3.05) is 16.8 Å². The first-order chi connectivity index (χ1) is 13.2. The Balaban J connectivity index is 1.51. The van der Waals surface area contributed by atoms with Gasteiger partial charge in [0.15, 0.2) is 0 Å². The fourth-order valence-electron chi connectivity index (χ4n) is 4.40. The van der Waals surface area contributed by atoms with E-state index in [9.17, 15) is 0 Å². The third kappa shape index (κ3) is 2.85. The SMILES string of the molecule is CC(C)c1cc(N2C[C@H]3C[C@H]2c2ccccc23)nc(Nc2ccccc2)n1. The molecule has 27 heavy (non-hydrogen) atoms. The lowest BCUT2D eigenvalue weighted by molar-refractivity contribution is 0.723. The van der Waals surface area contributed by atoms with Crippen LogP contribution in [0.3, 0.4) is 0 Å². The fraction of sp³-hybridized carbons (Fsp3) is 0.304. The smallest absolute Gasteiger partial charge is 0.229 e. The van der Waals surface area contributed by atoms with Crippen molar-refractivity contribution >= 4 is 17.5 Å². The predicted molar refractivity (Wildman–Crippen MR) is 110 cm³/mol. The summed E-state index contributed by atoms with van der Waals surface area (Å²) in [5, 5.41) is 3.38. The van der Waals surface area contributed by atoms with Gasteiger partial charge in [0.2, 0.25) is 5.95 Å². The molecule has 1 saturated heterocycles. The minimum atomic E-state index is 0.357. The molecule has 1 aliphatic carbocycles. The van der Waals surface area contributed by atoms with Crippen LogP contribution in [-0.4, -0.2) is 16.5 Å². The van der Waals surface area contributed by atoms with Crippen molar-refractivity contribution in [1.29, 1.82) is 0 Å². The molecule has 2 heterocycles. The van der Waals surface area contributed by atoms with Crippen LogP contribution in [0.5, 0.6) is 0 Å². The van der Waals surface area contributed by atoms with Crippen molar-refractivity contribution in [3.63, 3.8) is 0 Å². The topological polar surface area (TPSA) is 41.1 Å². The summed E-state index contributed by atoms with van der Waals surface area (Å²) in [4.78, 5) is 12.1. The third-order valence-corrected chi connectivity index (χ3v) is 5.74. The molecule has 2 aliphatic rings. The summed E-state index contributed by atoms with van der Waals surface area (Å²) < 4.78 is 0. The molecule has 136 valence electrons. The monoisotopic (exact) mass is 356 g/mol. The summed E-state index contributed by atoms with van der Waals surface area (Å²) in [7, 11) is 0. The Hall–Kier alpha value is -2.88. The number of para-hydroxylation sites is 1. The molecule has 0 unspecified atom stereocenters. The highest BCUT2D eigenvalue weighted by Gasteiger charge is 2.42. The van der Waals surface area contributed by atoms with Crippen LogP contribution in [0.2, 0.25) is 0 Å². The van der Waals surface area contributed by atoms with Crippen molar-refractivity contribution in [1.82, 2.24) is 9.97 Å². The molecule has 1 N–H and O–H groups in total. The van der Waals surface area contributed by atoms with Crippen molar-refractivity contribution in [3.05, 3.63) is 77.5 Å². The van der Waals surface area contributed by atoms with E-state index in [1.165, 1.54) is 17.5 Å². The van der Waals surface area contributed by atoms with Gasteiger partial charge in [-0.1, -0.05) is 56.3 Å². The number of hydrogen-bond donors (Lipinski definition) is 1. The molecule has 0 spiro atoms. The van der Waals surface area contributed by atoms with Crippen molar-refractivity contribution in [3.8, 4) is 0 Å². The first-order valence-corrected chi connectivity index (χ1v) is 9.75. The van der Waals surface area contributed by atoms with Crippen LogP contribution in [0.1, 0.15) is 55.0 Å². The van der Waals surface area contributed by atoms with E-state index in [0.29, 0.717) is 23.8 Å². The molecule has 1 fully saturated rings. The van der Waals surface area contributed by atoms with Crippen LogP contribution in [0, 0.1) is 0 Å². The number of fused-ring (bicyclic) bond motifs is 5. The van der Waals surface area contributed by atoms with Crippen LogP contribution in [0.4, 0.5) is 17.5 Å². The predicted octanol–water partition coefficient (Wildman–Crippen LogP) is 5.39. The van der Waals surface area contributed by atoms with E-state index in [-0.39, 0.29) is 0 Å². The van der Waals surface area contributed by atoms with E-state index < -0.39 is 0 Å². The van der Waals surface area contributed by atoms with Gasteiger partial charge in [0.25, 0.3) is 0 Å². The van der Waals surface area contributed by atoms with Gasteiger partial charge in [-0.25, -0.2) is 4.98 Å². The van der Waals surface area contributed by atoms with E-state index >= 15 is 0 Å². The van der Waals surface area contributed by atoms with Crippen LogP contribution >= 0.6 is 0 Å². The normalized spacial score (nSPS) is 20.2. The first-order valence-electron chi connectivity index (χ1n) is 9.75. The van der Waals surface area contributed by atoms with Gasteiger partial charge in [-0.15, -0.1) is 0 Å². The molecule has 0 radical (unpaired) electrons. The van der Waals surface area contributed by atoms with Gasteiger partial charge in [-0.3, -0.25) is 0 Å². The highest BCUT2D eigenvalue weighted by Crippen LogP contribution is 2.51. The number of aromatic nitrogens is 2. The number of nitrogens with zero attached hydrogens (tertiary/aromatic N) is 3. The number of benzene rings is 2. The van der Waals surface area contributed by atoms with Gasteiger partial charge in [0.05, 0.1) is 11.7 Å². The van der Waals surface area contributed by atoms with Gasteiger partial charge in [0.1, 0.15) is 5.82 Å². The standard InChI is InChI=1S/C23H24N4/c1-15(2)20-13-22(26-23(25-20)24-17-8-4-3-5-9-17)27-14-16-12-21(27)19-11-7-6-10-18(16)19/h3-11,13,15-16,21H,12,14H2,1-2H3,(H,24,25,26)/t16-,21+/m1/s1. The molecular formula is C23H24N4. The van der Waals surface area contributed by atoms with Crippen LogP contribution < -0.4 is 10.2 Å². The van der Waals surface area contributed by atoms with E-state index in [4.69, 9.17) is 9.97 Å². The maximum absolute atomic E-state index is 4.89. The molecule has 2 aromatic carbocycles. The van der Waals surface area contributed by atoms with Crippen LogP contribution in [0.25, 0.3) is 0 Å². The lowest BCUT2D eigenvalue weighted by Gasteiger charge is -2.30. The highest BCUT2D eigenvalue weighted by molar-refractivity contribution is 5.58. The van der Waals surface area contributed by atoms with Crippen molar-refractivity contribution in [2.24, 2.45) is 0 Å². The summed E-state index contributed by atoms with van der Waals surface area (Å²) >= 11 is 0. The zero-order valence-electron chi connectivity index (χ0n) is 15.8. The summed E-state index contributed by atoms with van der Waals surface area (Å²) in [6, 6.07) is 21.6. The van der Waals surface area contributed by atoms with E-state index in [0.717, 1.165) is 23.7 Å². The van der Waals surface area contributed by atoms with Gasteiger partial charge >= 0.3 is 0 Å². The zero-order chi connectivity index (χ0) is 18.4. The van der Waals surface area contributed by atoms with Crippen molar-refractivity contribution < 1.29 is 0 Å². The van der Waals surface area contributed by atoms with Gasteiger partial charge < -0.3 is 10.2 Å². The van der Waals surface area contributed by atoms with E-state index in [1.807, 2.05) is 30.3 Å². The maximum atomic E-state index is 4.89. The average molecular weight is 356 g/mol. The van der Waals surface area contributed by atoms with E-state index in [1.54, 1.807) is 0 Å². The Labute approximate surface area is 160 Å². The third-order valence-electron chi connectivity index (χ3n) is 5.74. The number of hydrogen-bond acceptors (Lipinski definition) is 4. The molecule has 4 heteroatoms. The number of rotatable bonds is 4. The molecule has 3 aromatic rings. The molecule has 2 atom stereocenters. The maximum Gasteiger partial charge on any atom is 0.229 e. The fourth-order valence-corrected chi connectivity index (χ4v) is 4.40. The summed E-state index contributed by atoms with van der Waals surface area (Å²) in [5.41, 5.74) is 5.09. The quantitative estimate of drug-likeness (QED) is 0.680. The zero-order valence-corrected chi connectivity index (χ0v) is 15.8. The Bertz CT molecular complexity index is 967. The highest BCUT2D eigenvalue weighted by atomic mass is 15.3. The summed E-state index contributed by atoms with van der Waals surface area (Å²) in [6.45, 7) is 5.41. The molecular weight excluding hydrogens is 332 g/mol. The average Bonchev–Trinajstić information content (AvgIpc) is 3.28. The number of anilines is 3. The molecule has 4 nitrogen and oxygen atoms in total. The minimum Gasteiger partial charge on any atom is -0.349 e. The Morgan fingerprint density at radius 3 is 2.48 bits per heavy atom. The molecule has 1 aromatic heterocycles. The largest absolute Gasteiger partial charge is 0.349 e. The second kappa shape index (κ2) is 6.38. The molecule has 5 rings (SSSR count). The van der Waals surface area contributed by atoms with Gasteiger partial charge in [0, 0.05) is 24.2 Å². The molecule has 1 aliphatic heterocycles. The second-order valence-corrected chi connectivity index (χ2v) is 7.85. The van der Waals surface area contributed by atoms with Crippen LogP contribution in [-0.2, 0) is 0 Å². The van der Waals surface area contributed by atoms with Gasteiger partial charge in [-0.2, -0.15) is 4.98 Å². The summed E-state index contributed by atoms with van der Waals surface area (Å²) in [6.07, 6.45) is 1.20. The second-order valence-electron chi connectivity index (χ2n) is 7.85. The van der Waals surface area contributed by atoms with E-state index in [2.05, 4.69) is 54.4 Å². The molecule has 0 amide bonds. The number of nitrogens with one attached hydrogen (secondary N) is 1. The first kappa shape index (κ1) is 16.3.